The number of hydrogen-bond donors (Lipinski definition) is 3. The highest BCUT2D eigenvalue weighted by molar-refractivity contribution is 7.99. The molecule has 0 spiro atoms. The zero-order chi connectivity index (χ0) is 25.3. The molecule has 1 aliphatic heterocycles. The van der Waals surface area contributed by atoms with Crippen molar-refractivity contribution in [2.45, 2.75) is 37.9 Å². The maximum Gasteiger partial charge on any atom is 0.492 e. The molecule has 184 valence electrons. The molecule has 33 heavy (non-hydrogen) atoms. The first-order valence-corrected chi connectivity index (χ1v) is 10.9. The summed E-state index contributed by atoms with van der Waals surface area (Å²) in [6.45, 7) is -0.738. The van der Waals surface area contributed by atoms with Crippen molar-refractivity contribution in [2.75, 3.05) is 31.1 Å². The topological polar surface area (TPSA) is 233 Å². The molecule has 0 bridgehead atoms. The summed E-state index contributed by atoms with van der Waals surface area (Å²) in [5.41, 5.74) is 3.15. The lowest BCUT2D eigenvalue weighted by molar-refractivity contribution is -0.809. The number of carboxylic acid groups (broad SMARTS) is 1. The van der Waals surface area contributed by atoms with Gasteiger partial charge in [-0.3, -0.25) is 44.2 Å². The summed E-state index contributed by atoms with van der Waals surface area (Å²) in [5, 5.41) is 32.7. The van der Waals surface area contributed by atoms with Crippen LogP contribution in [0.15, 0.2) is 0 Å². The van der Waals surface area contributed by atoms with Crippen molar-refractivity contribution in [1.82, 2.24) is 10.2 Å². The van der Waals surface area contributed by atoms with Crippen LogP contribution in [-0.2, 0) is 24.0 Å². The molecule has 1 saturated heterocycles. The first-order chi connectivity index (χ1) is 15.3. The van der Waals surface area contributed by atoms with E-state index in [2.05, 4.69) is 5.32 Å². The molecule has 2 atom stereocenters. The summed E-state index contributed by atoms with van der Waals surface area (Å²) in [6, 6.07) is -0.817. The van der Waals surface area contributed by atoms with Gasteiger partial charge >= 0.3 is 11.6 Å². The minimum absolute atomic E-state index is 0.0504. The van der Waals surface area contributed by atoms with Crippen LogP contribution < -0.4 is 11.1 Å². The fraction of sp³-hybridized carbons (Fsp3) is 0.706. The molecule has 0 aromatic heterocycles. The average Bonchev–Trinajstić information content (AvgIpc) is 2.67. The van der Waals surface area contributed by atoms with Gasteiger partial charge in [0.15, 0.2) is 13.1 Å². The number of nitro groups is 2. The average molecular weight is 491 g/mol. The number of nitrogens with two attached hydrogens (primary N) is 1. The lowest BCUT2D eigenvalue weighted by Gasteiger charge is -2.36. The SMILES string of the molecule is CC(=O)C(N)CCC(=O)C[C@@H](CSCC(=O)N1CC([N+](=O)[O-])([N+](=O)[O-])C1)C(=O)NCC(=O)O. The van der Waals surface area contributed by atoms with Crippen LogP contribution in [0.25, 0.3) is 0 Å². The maximum absolute atomic E-state index is 12.3. The van der Waals surface area contributed by atoms with Crippen LogP contribution in [-0.4, -0.2) is 92.0 Å². The minimum atomic E-state index is -2.42. The quantitative estimate of drug-likeness (QED) is 0.132. The summed E-state index contributed by atoms with van der Waals surface area (Å²) < 4.78 is 0. The van der Waals surface area contributed by atoms with Crippen molar-refractivity contribution < 1.29 is 38.9 Å². The predicted octanol–water partition coefficient (Wildman–Crippen LogP) is -1.72. The van der Waals surface area contributed by atoms with Gasteiger partial charge in [-0.2, -0.15) is 11.8 Å². The van der Waals surface area contributed by atoms with Crippen molar-refractivity contribution in [3.05, 3.63) is 20.2 Å². The number of rotatable bonds is 15. The third kappa shape index (κ3) is 8.05. The fourth-order valence-electron chi connectivity index (χ4n) is 2.85. The number of amides is 2. The van der Waals surface area contributed by atoms with E-state index in [0.717, 1.165) is 16.7 Å². The Labute approximate surface area is 191 Å². The summed E-state index contributed by atoms with van der Waals surface area (Å²) >= 11 is 0.928. The molecule has 0 aromatic carbocycles. The molecule has 0 aliphatic carbocycles. The minimum Gasteiger partial charge on any atom is -0.480 e. The van der Waals surface area contributed by atoms with Gasteiger partial charge in [-0.1, -0.05) is 0 Å². The molecule has 1 rings (SSSR count). The number of aliphatic carboxylic acids is 1. The number of hydrogen-bond acceptors (Lipinski definition) is 11. The Kier molecular flexibility index (Phi) is 10.3. The van der Waals surface area contributed by atoms with Gasteiger partial charge in [-0.15, -0.1) is 0 Å². The lowest BCUT2D eigenvalue weighted by Crippen LogP contribution is -2.71. The van der Waals surface area contributed by atoms with E-state index in [1.165, 1.54) is 6.92 Å². The second kappa shape index (κ2) is 12.2. The first kappa shape index (κ1) is 27.9. The van der Waals surface area contributed by atoms with Gasteiger partial charge in [-0.25, -0.2) is 0 Å². The number of carboxylic acids is 1. The van der Waals surface area contributed by atoms with Gasteiger partial charge in [-0.05, 0) is 13.3 Å². The third-order valence-electron chi connectivity index (χ3n) is 4.98. The molecule has 1 heterocycles. The van der Waals surface area contributed by atoms with E-state index in [-0.39, 0.29) is 42.3 Å². The highest BCUT2D eigenvalue weighted by Crippen LogP contribution is 2.26. The Balaban J connectivity index is 2.62. The number of carbonyl (C=O) groups is 5. The molecular weight excluding hydrogens is 466 g/mol. The largest absolute Gasteiger partial charge is 0.492 e. The molecule has 0 saturated carbocycles. The zero-order valence-corrected chi connectivity index (χ0v) is 18.6. The lowest BCUT2D eigenvalue weighted by atomic mass is 9.98. The van der Waals surface area contributed by atoms with Gasteiger partial charge in [0, 0.05) is 18.6 Å². The third-order valence-corrected chi connectivity index (χ3v) is 6.07. The summed E-state index contributed by atoms with van der Waals surface area (Å²) in [5.74, 6) is -4.56. The van der Waals surface area contributed by atoms with E-state index in [1.807, 2.05) is 0 Å². The van der Waals surface area contributed by atoms with Crippen molar-refractivity contribution >= 4 is 41.1 Å². The Morgan fingerprint density at radius 2 is 1.76 bits per heavy atom. The monoisotopic (exact) mass is 491 g/mol. The van der Waals surface area contributed by atoms with Crippen molar-refractivity contribution in [1.29, 1.82) is 0 Å². The summed E-state index contributed by atoms with van der Waals surface area (Å²) in [4.78, 5) is 79.2. The number of likely N-dealkylation sites (tertiary alicyclic amines) is 1. The molecule has 4 N–H and O–H groups in total. The smallest absolute Gasteiger partial charge is 0.480 e. The fourth-order valence-corrected chi connectivity index (χ4v) is 3.88. The molecule has 1 fully saturated rings. The highest BCUT2D eigenvalue weighted by Gasteiger charge is 2.67. The standard InChI is InChI=1S/C17H25N5O10S/c1-10(23)13(18)3-2-12(24)4-11(16(28)19-5-15(26)27)6-33-7-14(25)20-8-17(9-20,21(29)30)22(31)32/h11,13H,2-9,18H2,1H3,(H,19,28)(H,26,27)/t11-,13?/m0/s1. The molecule has 1 unspecified atom stereocenters. The van der Waals surface area contributed by atoms with E-state index in [1.54, 1.807) is 0 Å². The number of thioether (sulfide) groups is 1. The number of ketones is 2. The molecule has 2 amide bonds. The zero-order valence-electron chi connectivity index (χ0n) is 17.8. The van der Waals surface area contributed by atoms with Gasteiger partial charge in [0.05, 0.1) is 17.7 Å². The number of nitrogens with zero attached hydrogens (tertiary/aromatic N) is 3. The normalized spacial score (nSPS) is 16.1. The van der Waals surface area contributed by atoms with Crippen LogP contribution in [0.4, 0.5) is 0 Å². The van der Waals surface area contributed by atoms with Gasteiger partial charge in [0.2, 0.25) is 11.8 Å². The van der Waals surface area contributed by atoms with E-state index >= 15 is 0 Å². The molecule has 16 heteroatoms. The van der Waals surface area contributed by atoms with Gasteiger partial charge in [0.25, 0.3) is 0 Å². The second-order valence-corrected chi connectivity index (χ2v) is 8.60. The summed E-state index contributed by atoms with van der Waals surface area (Å²) in [6.07, 6.45) is -0.246. The molecular formula is C17H25N5O10S. The number of nitrogens with one attached hydrogen (secondary N) is 1. The number of carbonyl (C=O) groups excluding carboxylic acids is 4. The molecule has 0 radical (unpaired) electrons. The van der Waals surface area contributed by atoms with Gasteiger partial charge in [0.1, 0.15) is 28.0 Å². The van der Waals surface area contributed by atoms with E-state index in [9.17, 15) is 44.2 Å². The van der Waals surface area contributed by atoms with Gasteiger partial charge < -0.3 is 21.1 Å². The molecule has 15 nitrogen and oxygen atoms in total. The first-order valence-electron chi connectivity index (χ1n) is 9.72. The summed E-state index contributed by atoms with van der Waals surface area (Å²) in [7, 11) is 0. The van der Waals surface area contributed by atoms with Crippen LogP contribution >= 0.6 is 11.8 Å². The van der Waals surface area contributed by atoms with Crippen LogP contribution in [0.1, 0.15) is 26.2 Å². The van der Waals surface area contributed by atoms with E-state index in [0.29, 0.717) is 0 Å². The van der Waals surface area contributed by atoms with Crippen LogP contribution in [0.2, 0.25) is 0 Å². The molecule has 0 aromatic rings. The second-order valence-electron chi connectivity index (χ2n) is 7.57. The number of Topliss-reactive ketones (excluding diaryl/α,β-unsaturated/α-hetero) is 2. The Morgan fingerprint density at radius 1 is 1.18 bits per heavy atom. The van der Waals surface area contributed by atoms with Crippen LogP contribution in [0, 0.1) is 26.1 Å². The Hall–Kier alpha value is -3.14. The predicted molar refractivity (Wildman–Crippen MR) is 112 cm³/mol. The highest BCUT2D eigenvalue weighted by atomic mass is 32.2. The maximum atomic E-state index is 12.3. The van der Waals surface area contributed by atoms with Crippen LogP contribution in [0.5, 0.6) is 0 Å². The van der Waals surface area contributed by atoms with Crippen molar-refractivity contribution in [2.24, 2.45) is 11.7 Å². The Morgan fingerprint density at radius 3 is 2.24 bits per heavy atom. The Bertz CT molecular complexity index is 813. The molecule has 1 aliphatic rings. The van der Waals surface area contributed by atoms with Crippen molar-refractivity contribution in [3.8, 4) is 0 Å². The van der Waals surface area contributed by atoms with E-state index < -0.39 is 64.9 Å². The van der Waals surface area contributed by atoms with E-state index in [4.69, 9.17) is 10.8 Å². The van der Waals surface area contributed by atoms with Crippen molar-refractivity contribution in [3.63, 3.8) is 0 Å². The van der Waals surface area contributed by atoms with Crippen LogP contribution in [0.3, 0.4) is 0 Å².